The van der Waals surface area contributed by atoms with Crippen molar-refractivity contribution < 1.29 is 9.53 Å². The topological polar surface area (TPSA) is 64.3 Å². The molecule has 2 unspecified atom stereocenters. The Balaban J connectivity index is 2.23. The quantitative estimate of drug-likeness (QED) is 0.876. The van der Waals surface area contributed by atoms with Crippen LogP contribution >= 0.6 is 0 Å². The Kier molecular flexibility index (Phi) is 5.23. The summed E-state index contributed by atoms with van der Waals surface area (Å²) in [5.41, 5.74) is 8.38. The molecular formula is C17H26N2O2. The van der Waals surface area contributed by atoms with E-state index in [9.17, 15) is 4.79 Å². The van der Waals surface area contributed by atoms with Gasteiger partial charge in [0.15, 0.2) is 0 Å². The standard InChI is InChI=1S/C17H26N2O2/c1-4-5-14(18)12-6-7-16-13(10-12)15(8-9-21-16)19-17(20)11(2)3/h6-7,10-11,14-15H,4-5,8-9,18H2,1-3H3,(H,19,20). The van der Waals surface area contributed by atoms with Gasteiger partial charge >= 0.3 is 0 Å². The molecule has 2 rings (SSSR count). The van der Waals surface area contributed by atoms with Crippen LogP contribution in [0.15, 0.2) is 18.2 Å². The lowest BCUT2D eigenvalue weighted by atomic mass is 9.94. The Bertz CT molecular complexity index is 500. The third-order valence-electron chi connectivity index (χ3n) is 3.94. The zero-order chi connectivity index (χ0) is 15.4. The largest absolute Gasteiger partial charge is 0.493 e. The normalized spacial score (nSPS) is 18.8. The molecule has 0 aromatic heterocycles. The van der Waals surface area contributed by atoms with Crippen LogP contribution in [0.25, 0.3) is 0 Å². The van der Waals surface area contributed by atoms with E-state index in [-0.39, 0.29) is 23.9 Å². The number of hydrogen-bond acceptors (Lipinski definition) is 3. The zero-order valence-corrected chi connectivity index (χ0v) is 13.2. The summed E-state index contributed by atoms with van der Waals surface area (Å²) < 4.78 is 5.70. The maximum absolute atomic E-state index is 12.0. The summed E-state index contributed by atoms with van der Waals surface area (Å²) in [5.74, 6) is 0.931. The van der Waals surface area contributed by atoms with E-state index in [1.807, 2.05) is 26.0 Å². The average molecular weight is 290 g/mol. The lowest BCUT2D eigenvalue weighted by Crippen LogP contribution is -2.34. The van der Waals surface area contributed by atoms with Crippen molar-refractivity contribution in [1.82, 2.24) is 5.32 Å². The Hall–Kier alpha value is -1.55. The summed E-state index contributed by atoms with van der Waals surface area (Å²) in [6.07, 6.45) is 2.82. The van der Waals surface area contributed by atoms with Crippen molar-refractivity contribution in [2.75, 3.05) is 6.61 Å². The first-order valence-electron chi connectivity index (χ1n) is 7.85. The second-order valence-electron chi connectivity index (χ2n) is 6.05. The van der Waals surface area contributed by atoms with E-state index in [2.05, 4.69) is 18.3 Å². The highest BCUT2D eigenvalue weighted by Crippen LogP contribution is 2.34. The molecule has 4 nitrogen and oxygen atoms in total. The molecule has 0 saturated carbocycles. The predicted octanol–water partition coefficient (Wildman–Crippen LogP) is 3.08. The van der Waals surface area contributed by atoms with E-state index in [1.54, 1.807) is 0 Å². The smallest absolute Gasteiger partial charge is 0.223 e. The van der Waals surface area contributed by atoms with Crippen molar-refractivity contribution in [2.45, 2.75) is 52.1 Å². The number of fused-ring (bicyclic) bond motifs is 1. The number of nitrogens with one attached hydrogen (secondary N) is 1. The van der Waals surface area contributed by atoms with Crippen molar-refractivity contribution in [1.29, 1.82) is 0 Å². The molecule has 0 bridgehead atoms. The molecule has 0 aliphatic carbocycles. The Morgan fingerprint density at radius 3 is 2.90 bits per heavy atom. The number of ether oxygens (including phenoxy) is 1. The van der Waals surface area contributed by atoms with Gasteiger partial charge in [0.05, 0.1) is 12.6 Å². The number of amides is 1. The van der Waals surface area contributed by atoms with Gasteiger partial charge in [-0.2, -0.15) is 0 Å². The van der Waals surface area contributed by atoms with Crippen LogP contribution in [0.3, 0.4) is 0 Å². The molecule has 0 saturated heterocycles. The first-order valence-corrected chi connectivity index (χ1v) is 7.85. The molecule has 1 heterocycles. The van der Waals surface area contributed by atoms with E-state index < -0.39 is 0 Å². The van der Waals surface area contributed by atoms with Gasteiger partial charge in [0.25, 0.3) is 0 Å². The van der Waals surface area contributed by atoms with Crippen LogP contribution in [0.5, 0.6) is 5.75 Å². The fraction of sp³-hybridized carbons (Fsp3) is 0.588. The number of hydrogen-bond donors (Lipinski definition) is 2. The van der Waals surface area contributed by atoms with Crippen LogP contribution in [-0.2, 0) is 4.79 Å². The van der Waals surface area contributed by atoms with Crippen LogP contribution in [0.4, 0.5) is 0 Å². The lowest BCUT2D eigenvalue weighted by molar-refractivity contribution is -0.124. The third kappa shape index (κ3) is 3.76. The molecule has 116 valence electrons. The highest BCUT2D eigenvalue weighted by atomic mass is 16.5. The van der Waals surface area contributed by atoms with Gasteiger partial charge in [-0.1, -0.05) is 33.3 Å². The molecule has 0 spiro atoms. The van der Waals surface area contributed by atoms with Crippen LogP contribution in [0, 0.1) is 5.92 Å². The molecule has 1 aliphatic rings. The number of nitrogens with two attached hydrogens (primary N) is 1. The number of rotatable bonds is 5. The van der Waals surface area contributed by atoms with Crippen molar-refractivity contribution in [3.8, 4) is 5.75 Å². The van der Waals surface area contributed by atoms with Crippen LogP contribution in [-0.4, -0.2) is 12.5 Å². The second-order valence-corrected chi connectivity index (χ2v) is 6.05. The molecule has 3 N–H and O–H groups in total. The SMILES string of the molecule is CCCC(N)c1ccc2c(c1)C(NC(=O)C(C)C)CCO2. The van der Waals surface area contributed by atoms with Crippen molar-refractivity contribution in [3.05, 3.63) is 29.3 Å². The summed E-state index contributed by atoms with van der Waals surface area (Å²) in [6, 6.07) is 6.18. The molecule has 1 amide bonds. The minimum Gasteiger partial charge on any atom is -0.493 e. The highest BCUT2D eigenvalue weighted by Gasteiger charge is 2.24. The van der Waals surface area contributed by atoms with Crippen molar-refractivity contribution in [2.24, 2.45) is 11.7 Å². The van der Waals surface area contributed by atoms with Gasteiger partial charge < -0.3 is 15.8 Å². The highest BCUT2D eigenvalue weighted by molar-refractivity contribution is 5.78. The molecule has 0 fully saturated rings. The fourth-order valence-electron chi connectivity index (χ4n) is 2.61. The van der Waals surface area contributed by atoms with Gasteiger partial charge in [0.1, 0.15) is 5.75 Å². The number of carbonyl (C=O) groups is 1. The zero-order valence-electron chi connectivity index (χ0n) is 13.2. The van der Waals surface area contributed by atoms with E-state index in [4.69, 9.17) is 10.5 Å². The summed E-state index contributed by atoms with van der Waals surface area (Å²) in [4.78, 5) is 12.0. The summed E-state index contributed by atoms with van der Waals surface area (Å²) >= 11 is 0. The molecule has 1 aromatic rings. The molecule has 0 radical (unpaired) electrons. The molecule has 21 heavy (non-hydrogen) atoms. The monoisotopic (exact) mass is 290 g/mol. The molecule has 2 atom stereocenters. The van der Waals surface area contributed by atoms with E-state index in [1.165, 1.54) is 0 Å². The van der Waals surface area contributed by atoms with Crippen LogP contribution < -0.4 is 15.8 Å². The van der Waals surface area contributed by atoms with Gasteiger partial charge in [-0.05, 0) is 24.1 Å². The maximum Gasteiger partial charge on any atom is 0.223 e. The molecular weight excluding hydrogens is 264 g/mol. The van der Waals surface area contributed by atoms with Gasteiger partial charge in [0.2, 0.25) is 5.91 Å². The van der Waals surface area contributed by atoms with Gasteiger partial charge in [-0.25, -0.2) is 0 Å². The van der Waals surface area contributed by atoms with Crippen molar-refractivity contribution >= 4 is 5.91 Å². The van der Waals surface area contributed by atoms with Gasteiger partial charge in [0, 0.05) is 23.9 Å². The summed E-state index contributed by atoms with van der Waals surface area (Å²) in [6.45, 7) is 6.58. The van der Waals surface area contributed by atoms with E-state index >= 15 is 0 Å². The summed E-state index contributed by atoms with van der Waals surface area (Å²) in [7, 11) is 0. The van der Waals surface area contributed by atoms with Gasteiger partial charge in [-0.15, -0.1) is 0 Å². The Morgan fingerprint density at radius 2 is 2.24 bits per heavy atom. The first-order chi connectivity index (χ1) is 10.0. The predicted molar refractivity (Wildman–Crippen MR) is 84.1 cm³/mol. The van der Waals surface area contributed by atoms with Crippen LogP contribution in [0.1, 0.15) is 63.2 Å². The third-order valence-corrected chi connectivity index (χ3v) is 3.94. The number of benzene rings is 1. The minimum atomic E-state index is -0.0122. The Labute approximate surface area is 127 Å². The Morgan fingerprint density at radius 1 is 1.48 bits per heavy atom. The second kappa shape index (κ2) is 6.94. The molecule has 1 aliphatic heterocycles. The maximum atomic E-state index is 12.0. The average Bonchev–Trinajstić information content (AvgIpc) is 2.47. The summed E-state index contributed by atoms with van der Waals surface area (Å²) in [5, 5.41) is 3.11. The minimum absolute atomic E-state index is 0.0122. The lowest BCUT2D eigenvalue weighted by Gasteiger charge is -2.28. The molecule has 4 heteroatoms. The molecule has 1 aromatic carbocycles. The van der Waals surface area contributed by atoms with Gasteiger partial charge in [-0.3, -0.25) is 4.79 Å². The van der Waals surface area contributed by atoms with Crippen molar-refractivity contribution in [3.63, 3.8) is 0 Å². The number of carbonyl (C=O) groups excluding carboxylic acids is 1. The van der Waals surface area contributed by atoms with E-state index in [0.717, 1.165) is 36.1 Å². The van der Waals surface area contributed by atoms with E-state index in [0.29, 0.717) is 6.61 Å². The fourth-order valence-corrected chi connectivity index (χ4v) is 2.61. The first kappa shape index (κ1) is 15.8. The van der Waals surface area contributed by atoms with Crippen LogP contribution in [0.2, 0.25) is 0 Å².